The third-order valence-electron chi connectivity index (χ3n) is 8.18. The maximum absolute atomic E-state index is 13.4. The van der Waals surface area contributed by atoms with Gasteiger partial charge in [-0.3, -0.25) is 14.5 Å². The topological polar surface area (TPSA) is 98.7 Å². The van der Waals surface area contributed by atoms with Crippen molar-refractivity contribution >= 4 is 44.0 Å². The van der Waals surface area contributed by atoms with E-state index in [4.69, 9.17) is 4.98 Å². The number of pyridine rings is 2. The van der Waals surface area contributed by atoms with E-state index < -0.39 is 15.4 Å². The Balaban J connectivity index is 1.45. The second kappa shape index (κ2) is 8.39. The molecule has 1 saturated carbocycles. The first-order valence-corrected chi connectivity index (χ1v) is 14.7. The number of hydrogen-bond acceptors (Lipinski definition) is 7. The SMILES string of the molecule is CCN1C(=O)C2(CCC2)c2c1cnc1ccc(-c3cnc(N4CC(N(C)C)C4)c(NS(C)(=O)=O)c3)cc21. The van der Waals surface area contributed by atoms with E-state index in [0.29, 0.717) is 24.1 Å². The molecule has 9 nitrogen and oxygen atoms in total. The number of likely N-dealkylation sites (N-methyl/N-ethyl adjacent to an activating group) is 2. The maximum Gasteiger partial charge on any atom is 0.237 e. The number of benzene rings is 1. The molecule has 6 rings (SSSR count). The molecular weight excluding hydrogens is 488 g/mol. The molecule has 1 saturated heterocycles. The molecule has 3 aromatic rings. The lowest BCUT2D eigenvalue weighted by atomic mass is 9.64. The van der Waals surface area contributed by atoms with Crippen LogP contribution in [0.2, 0.25) is 0 Å². The zero-order valence-corrected chi connectivity index (χ0v) is 22.5. The molecule has 3 aliphatic rings. The lowest BCUT2D eigenvalue weighted by Crippen LogP contribution is -2.57. The van der Waals surface area contributed by atoms with Crippen LogP contribution in [0.15, 0.2) is 36.7 Å². The highest BCUT2D eigenvalue weighted by molar-refractivity contribution is 7.92. The van der Waals surface area contributed by atoms with Crippen molar-refractivity contribution in [1.29, 1.82) is 0 Å². The molecule has 0 radical (unpaired) electrons. The van der Waals surface area contributed by atoms with Crippen molar-refractivity contribution in [3.8, 4) is 11.1 Å². The quantitative estimate of drug-likeness (QED) is 0.533. The van der Waals surface area contributed by atoms with Crippen molar-refractivity contribution < 1.29 is 13.2 Å². The van der Waals surface area contributed by atoms with Gasteiger partial charge < -0.3 is 14.7 Å². The van der Waals surface area contributed by atoms with Gasteiger partial charge >= 0.3 is 0 Å². The van der Waals surface area contributed by atoms with Crippen molar-refractivity contribution in [2.45, 2.75) is 37.6 Å². The van der Waals surface area contributed by atoms with E-state index in [9.17, 15) is 13.2 Å². The van der Waals surface area contributed by atoms with Gasteiger partial charge in [0, 0.05) is 48.4 Å². The van der Waals surface area contributed by atoms with E-state index in [-0.39, 0.29) is 5.91 Å². The summed E-state index contributed by atoms with van der Waals surface area (Å²) in [6, 6.07) is 8.31. The van der Waals surface area contributed by atoms with Crippen LogP contribution in [-0.4, -0.2) is 75.2 Å². The number of fused-ring (bicyclic) bond motifs is 4. The molecule has 2 aromatic heterocycles. The largest absolute Gasteiger partial charge is 0.352 e. The van der Waals surface area contributed by atoms with Crippen LogP contribution >= 0.6 is 0 Å². The first-order chi connectivity index (χ1) is 17.6. The molecule has 10 heteroatoms. The number of carbonyl (C=O) groups excluding carboxylic acids is 1. The molecule has 4 heterocycles. The molecule has 1 N–H and O–H groups in total. The summed E-state index contributed by atoms with van der Waals surface area (Å²) in [5.41, 5.74) is 4.59. The molecule has 1 amide bonds. The number of hydrogen-bond donors (Lipinski definition) is 1. The fourth-order valence-corrected chi connectivity index (χ4v) is 6.50. The summed E-state index contributed by atoms with van der Waals surface area (Å²) in [6.45, 7) is 4.20. The van der Waals surface area contributed by atoms with Gasteiger partial charge in [0.05, 0.1) is 34.8 Å². The molecule has 1 aromatic carbocycles. The Kier molecular flexibility index (Phi) is 5.47. The molecule has 1 spiro atoms. The molecule has 194 valence electrons. The van der Waals surface area contributed by atoms with Gasteiger partial charge in [-0.1, -0.05) is 12.5 Å². The Labute approximate surface area is 217 Å². The van der Waals surface area contributed by atoms with Gasteiger partial charge in [-0.05, 0) is 57.6 Å². The summed E-state index contributed by atoms with van der Waals surface area (Å²) in [6.07, 6.45) is 7.56. The van der Waals surface area contributed by atoms with Crippen molar-refractivity contribution in [2.24, 2.45) is 0 Å². The lowest BCUT2D eigenvalue weighted by Gasteiger charge is -2.44. The number of nitrogens with one attached hydrogen (secondary N) is 1. The zero-order chi connectivity index (χ0) is 26.1. The summed E-state index contributed by atoms with van der Waals surface area (Å²) in [5.74, 6) is 0.820. The standard InChI is InChI=1S/C27H32N6O3S/c1-5-33-23-14-28-21-8-7-17(11-20(21)24(23)27(26(33)34)9-6-10-27)18-12-22(30-37(4,35)36)25(29-13-18)32-15-19(16-32)31(2)3/h7-8,11-14,19,30H,5-6,9-10,15-16H2,1-4H3. The Bertz CT molecular complexity index is 1530. The number of carbonyl (C=O) groups is 1. The van der Waals surface area contributed by atoms with E-state index in [0.717, 1.165) is 71.9 Å². The summed E-state index contributed by atoms with van der Waals surface area (Å²) in [4.78, 5) is 28.9. The number of anilines is 3. The molecule has 2 fully saturated rings. The highest BCUT2D eigenvalue weighted by Crippen LogP contribution is 2.55. The molecule has 37 heavy (non-hydrogen) atoms. The number of aromatic nitrogens is 2. The van der Waals surface area contributed by atoms with Gasteiger partial charge in [0.2, 0.25) is 15.9 Å². The Hall–Kier alpha value is -3.24. The van der Waals surface area contributed by atoms with Gasteiger partial charge in [0.25, 0.3) is 0 Å². The molecule has 2 aliphatic heterocycles. The smallest absolute Gasteiger partial charge is 0.237 e. The van der Waals surface area contributed by atoms with E-state index in [2.05, 4.69) is 25.6 Å². The molecule has 0 bridgehead atoms. The number of sulfonamides is 1. The maximum atomic E-state index is 13.4. The monoisotopic (exact) mass is 520 g/mol. The highest BCUT2D eigenvalue weighted by Gasteiger charge is 2.55. The normalized spacial score (nSPS) is 18.9. The van der Waals surface area contributed by atoms with Crippen LogP contribution in [-0.2, 0) is 20.2 Å². The second-order valence-corrected chi connectivity index (χ2v) is 12.5. The number of amides is 1. The first kappa shape index (κ1) is 24.1. The van der Waals surface area contributed by atoms with Gasteiger partial charge in [0.1, 0.15) is 0 Å². The van der Waals surface area contributed by atoms with E-state index in [1.54, 1.807) is 6.20 Å². The average molecular weight is 521 g/mol. The minimum absolute atomic E-state index is 0.187. The van der Waals surface area contributed by atoms with Crippen LogP contribution in [0.3, 0.4) is 0 Å². The number of rotatable bonds is 6. The second-order valence-electron chi connectivity index (χ2n) is 10.7. The summed E-state index contributed by atoms with van der Waals surface area (Å²) in [7, 11) is 0.589. The van der Waals surface area contributed by atoms with Crippen LogP contribution in [0, 0.1) is 0 Å². The van der Waals surface area contributed by atoms with Crippen molar-refractivity contribution in [3.63, 3.8) is 0 Å². The van der Waals surface area contributed by atoms with Crippen LogP contribution in [0.25, 0.3) is 22.0 Å². The van der Waals surface area contributed by atoms with Crippen molar-refractivity contribution in [1.82, 2.24) is 14.9 Å². The molecule has 0 atom stereocenters. The number of nitrogens with zero attached hydrogens (tertiary/aromatic N) is 5. The third kappa shape index (κ3) is 3.76. The molecule has 1 aliphatic carbocycles. The van der Waals surface area contributed by atoms with Gasteiger partial charge in [0.15, 0.2) is 5.82 Å². The fourth-order valence-electron chi connectivity index (χ4n) is 5.95. The van der Waals surface area contributed by atoms with Crippen LogP contribution in [0.1, 0.15) is 31.7 Å². The average Bonchev–Trinajstić information content (AvgIpc) is 3.05. The zero-order valence-electron chi connectivity index (χ0n) is 21.7. The Morgan fingerprint density at radius 2 is 1.86 bits per heavy atom. The fraction of sp³-hybridized carbons (Fsp3) is 0.444. The van der Waals surface area contributed by atoms with E-state index in [1.807, 2.05) is 50.3 Å². The third-order valence-corrected chi connectivity index (χ3v) is 8.77. The summed E-state index contributed by atoms with van der Waals surface area (Å²) >= 11 is 0. The lowest BCUT2D eigenvalue weighted by molar-refractivity contribution is -0.125. The summed E-state index contributed by atoms with van der Waals surface area (Å²) in [5, 5.41) is 0.984. The van der Waals surface area contributed by atoms with E-state index in [1.165, 1.54) is 0 Å². The van der Waals surface area contributed by atoms with Gasteiger partial charge in [-0.25, -0.2) is 13.4 Å². The Morgan fingerprint density at radius 3 is 2.49 bits per heavy atom. The Morgan fingerprint density at radius 1 is 1.11 bits per heavy atom. The van der Waals surface area contributed by atoms with Crippen LogP contribution in [0.5, 0.6) is 0 Å². The van der Waals surface area contributed by atoms with Crippen molar-refractivity contribution in [2.75, 3.05) is 54.5 Å². The van der Waals surface area contributed by atoms with Crippen LogP contribution in [0.4, 0.5) is 17.2 Å². The van der Waals surface area contributed by atoms with Crippen molar-refractivity contribution in [3.05, 3.63) is 42.2 Å². The van der Waals surface area contributed by atoms with Gasteiger partial charge in [-0.2, -0.15) is 0 Å². The van der Waals surface area contributed by atoms with Crippen LogP contribution < -0.4 is 14.5 Å². The minimum Gasteiger partial charge on any atom is -0.352 e. The summed E-state index contributed by atoms with van der Waals surface area (Å²) < 4.78 is 27.1. The predicted molar refractivity (Wildman–Crippen MR) is 147 cm³/mol. The highest BCUT2D eigenvalue weighted by atomic mass is 32.2. The minimum atomic E-state index is -3.50. The van der Waals surface area contributed by atoms with Gasteiger partial charge in [-0.15, -0.1) is 0 Å². The molecular formula is C27H32N6O3S. The van der Waals surface area contributed by atoms with E-state index >= 15 is 0 Å². The molecule has 0 unspecified atom stereocenters. The predicted octanol–water partition coefficient (Wildman–Crippen LogP) is 3.21. The first-order valence-electron chi connectivity index (χ1n) is 12.8.